The van der Waals surface area contributed by atoms with Gasteiger partial charge in [-0.25, -0.2) is 4.99 Å². The number of nitrogens with one attached hydrogen (secondary N) is 2. The summed E-state index contributed by atoms with van der Waals surface area (Å²) in [7, 11) is 0. The molecule has 2 atom stereocenters. The molecule has 3 aliphatic rings. The minimum Gasteiger partial charge on any atom is -0.375 e. The largest absolute Gasteiger partial charge is 0.375 e. The van der Waals surface area contributed by atoms with E-state index in [0.717, 1.165) is 25.7 Å². The van der Waals surface area contributed by atoms with Crippen LogP contribution in [0.2, 0.25) is 0 Å². The maximum atomic E-state index is 12.3. The van der Waals surface area contributed by atoms with Crippen molar-refractivity contribution >= 4 is 11.9 Å². The summed E-state index contributed by atoms with van der Waals surface area (Å²) in [5.41, 5.74) is -0.714. The molecule has 1 saturated carbocycles. The Balaban J connectivity index is 1.79. The Morgan fingerprint density at radius 1 is 1.50 bits per heavy atom. The number of hydrogen-bond donors (Lipinski definition) is 2. The average Bonchev–Trinajstić information content (AvgIpc) is 3.08. The van der Waals surface area contributed by atoms with Gasteiger partial charge in [0.25, 0.3) is 5.91 Å². The highest BCUT2D eigenvalue weighted by Gasteiger charge is 2.51. The topological polar surface area (TPSA) is 62.7 Å². The van der Waals surface area contributed by atoms with Crippen LogP contribution < -0.4 is 10.6 Å². The highest BCUT2D eigenvalue weighted by Crippen LogP contribution is 2.36. The molecule has 1 spiro atoms. The minimum absolute atomic E-state index is 0.0601. The van der Waals surface area contributed by atoms with Crippen LogP contribution in [0.5, 0.6) is 0 Å². The van der Waals surface area contributed by atoms with Gasteiger partial charge >= 0.3 is 0 Å². The molecule has 5 heteroatoms. The van der Waals surface area contributed by atoms with Gasteiger partial charge in [0.05, 0.1) is 18.2 Å². The standard InChI is InChI=1S/C13H21N3O2/c1-3-12(2)8-13(6-7-18-12)10(17)15-11(16-13)14-9-4-5-9/h9H,3-8H2,1-2H3,(H2,14,15,16,17). The molecule has 0 aromatic heterocycles. The summed E-state index contributed by atoms with van der Waals surface area (Å²) >= 11 is 0. The Hall–Kier alpha value is -1.10. The first-order chi connectivity index (χ1) is 8.55. The molecule has 2 aliphatic heterocycles. The SMILES string of the molecule is CCC1(C)CC2(CCO1)NC(=NC1CC1)NC2=O. The first kappa shape index (κ1) is 12.0. The third-order valence-corrected chi connectivity index (χ3v) is 4.29. The molecule has 3 rings (SSSR count). The second kappa shape index (κ2) is 3.95. The van der Waals surface area contributed by atoms with E-state index >= 15 is 0 Å². The molecule has 2 N–H and O–H groups in total. The number of carbonyl (C=O) groups excluding carboxylic acids is 1. The van der Waals surface area contributed by atoms with Crippen molar-refractivity contribution in [2.24, 2.45) is 4.99 Å². The molecule has 2 saturated heterocycles. The number of aliphatic imine (C=N–C) groups is 1. The smallest absolute Gasteiger partial charge is 0.252 e. The molecule has 0 radical (unpaired) electrons. The quantitative estimate of drug-likeness (QED) is 0.768. The van der Waals surface area contributed by atoms with E-state index in [-0.39, 0.29) is 11.5 Å². The van der Waals surface area contributed by atoms with Gasteiger partial charge in [-0.1, -0.05) is 6.92 Å². The van der Waals surface area contributed by atoms with Crippen molar-refractivity contribution < 1.29 is 9.53 Å². The van der Waals surface area contributed by atoms with Gasteiger partial charge in [-0.2, -0.15) is 0 Å². The molecular weight excluding hydrogens is 230 g/mol. The maximum absolute atomic E-state index is 12.3. The van der Waals surface area contributed by atoms with Crippen LogP contribution in [-0.2, 0) is 9.53 Å². The summed E-state index contributed by atoms with van der Waals surface area (Å²) in [6.45, 7) is 4.81. The van der Waals surface area contributed by atoms with Gasteiger partial charge in [-0.3, -0.25) is 10.1 Å². The Labute approximate surface area is 107 Å². The first-order valence-corrected chi connectivity index (χ1v) is 6.87. The zero-order valence-electron chi connectivity index (χ0n) is 11.1. The normalized spacial score (nSPS) is 42.1. The van der Waals surface area contributed by atoms with E-state index in [2.05, 4.69) is 29.5 Å². The summed E-state index contributed by atoms with van der Waals surface area (Å²) in [6, 6.07) is 0.417. The third-order valence-electron chi connectivity index (χ3n) is 4.29. The third kappa shape index (κ3) is 2.00. The van der Waals surface area contributed by atoms with Gasteiger partial charge in [-0.05, 0) is 26.2 Å². The summed E-state index contributed by atoms with van der Waals surface area (Å²) in [5, 5.41) is 6.22. The number of rotatable bonds is 2. The predicted molar refractivity (Wildman–Crippen MR) is 68.3 cm³/mol. The molecule has 18 heavy (non-hydrogen) atoms. The Bertz CT molecular complexity index is 405. The van der Waals surface area contributed by atoms with Crippen LogP contribution >= 0.6 is 0 Å². The number of amides is 1. The number of guanidine groups is 1. The lowest BCUT2D eigenvalue weighted by atomic mass is 9.79. The van der Waals surface area contributed by atoms with E-state index in [9.17, 15) is 4.79 Å². The van der Waals surface area contributed by atoms with Gasteiger partial charge in [0.1, 0.15) is 5.54 Å². The van der Waals surface area contributed by atoms with E-state index in [1.165, 1.54) is 0 Å². The van der Waals surface area contributed by atoms with Crippen molar-refractivity contribution in [3.8, 4) is 0 Å². The molecule has 2 heterocycles. The van der Waals surface area contributed by atoms with Gasteiger partial charge in [0, 0.05) is 12.8 Å². The van der Waals surface area contributed by atoms with Crippen LogP contribution in [0.4, 0.5) is 0 Å². The van der Waals surface area contributed by atoms with Crippen molar-refractivity contribution in [2.45, 2.75) is 63.1 Å². The lowest BCUT2D eigenvalue weighted by molar-refractivity contribution is -0.138. The molecule has 3 fully saturated rings. The zero-order chi connectivity index (χ0) is 12.8. The number of ether oxygens (including phenoxy) is 1. The summed E-state index contributed by atoms with van der Waals surface area (Å²) in [4.78, 5) is 16.8. The molecule has 5 nitrogen and oxygen atoms in total. The molecule has 100 valence electrons. The Morgan fingerprint density at radius 2 is 2.28 bits per heavy atom. The van der Waals surface area contributed by atoms with Crippen molar-refractivity contribution in [1.29, 1.82) is 0 Å². The summed E-state index contributed by atoms with van der Waals surface area (Å²) in [6.07, 6.45) is 4.64. The lowest BCUT2D eigenvalue weighted by Gasteiger charge is -2.42. The number of carbonyl (C=O) groups is 1. The maximum Gasteiger partial charge on any atom is 0.252 e. The second-order valence-corrected chi connectivity index (χ2v) is 5.95. The molecular formula is C13H21N3O2. The second-order valence-electron chi connectivity index (χ2n) is 5.95. The number of nitrogens with zero attached hydrogens (tertiary/aromatic N) is 1. The van der Waals surface area contributed by atoms with Crippen LogP contribution in [0.1, 0.15) is 46.0 Å². The van der Waals surface area contributed by atoms with Crippen LogP contribution in [0.25, 0.3) is 0 Å². The first-order valence-electron chi connectivity index (χ1n) is 6.87. The highest BCUT2D eigenvalue weighted by atomic mass is 16.5. The van der Waals surface area contributed by atoms with Crippen molar-refractivity contribution in [3.05, 3.63) is 0 Å². The molecule has 2 unspecified atom stereocenters. The van der Waals surface area contributed by atoms with Crippen molar-refractivity contribution in [3.63, 3.8) is 0 Å². The Kier molecular flexibility index (Phi) is 2.62. The van der Waals surface area contributed by atoms with Crippen LogP contribution in [0.3, 0.4) is 0 Å². The van der Waals surface area contributed by atoms with Crippen LogP contribution in [0.15, 0.2) is 4.99 Å². The lowest BCUT2D eigenvalue weighted by Crippen LogP contribution is -2.56. The monoisotopic (exact) mass is 251 g/mol. The van der Waals surface area contributed by atoms with Gasteiger partial charge in [0.15, 0.2) is 5.96 Å². The van der Waals surface area contributed by atoms with Crippen LogP contribution in [-0.4, -0.2) is 35.7 Å². The molecule has 0 aromatic carbocycles. The van der Waals surface area contributed by atoms with Gasteiger partial charge < -0.3 is 10.1 Å². The molecule has 1 amide bonds. The summed E-state index contributed by atoms with van der Waals surface area (Å²) in [5.74, 6) is 0.729. The fraction of sp³-hybridized carbons (Fsp3) is 0.846. The van der Waals surface area contributed by atoms with E-state index in [0.29, 0.717) is 25.0 Å². The zero-order valence-corrected chi connectivity index (χ0v) is 11.1. The van der Waals surface area contributed by atoms with Crippen molar-refractivity contribution in [1.82, 2.24) is 10.6 Å². The fourth-order valence-electron chi connectivity index (χ4n) is 2.77. The minimum atomic E-state index is -0.503. The molecule has 1 aliphatic carbocycles. The van der Waals surface area contributed by atoms with Gasteiger partial charge in [-0.15, -0.1) is 0 Å². The van der Waals surface area contributed by atoms with E-state index in [1.807, 2.05) is 0 Å². The van der Waals surface area contributed by atoms with Crippen molar-refractivity contribution in [2.75, 3.05) is 6.61 Å². The molecule has 0 aromatic rings. The van der Waals surface area contributed by atoms with E-state index in [4.69, 9.17) is 4.74 Å². The highest BCUT2D eigenvalue weighted by molar-refractivity contribution is 6.09. The number of hydrogen-bond acceptors (Lipinski definition) is 3. The van der Waals surface area contributed by atoms with Crippen LogP contribution in [0, 0.1) is 0 Å². The van der Waals surface area contributed by atoms with E-state index in [1.54, 1.807) is 0 Å². The molecule has 0 bridgehead atoms. The van der Waals surface area contributed by atoms with Gasteiger partial charge in [0.2, 0.25) is 0 Å². The Morgan fingerprint density at radius 3 is 2.94 bits per heavy atom. The average molecular weight is 251 g/mol. The fourth-order valence-corrected chi connectivity index (χ4v) is 2.77. The summed E-state index contributed by atoms with van der Waals surface area (Å²) < 4.78 is 5.82. The predicted octanol–water partition coefficient (Wildman–Crippen LogP) is 0.942. The van der Waals surface area contributed by atoms with E-state index < -0.39 is 5.54 Å².